The average molecular weight is 302 g/mol. The van der Waals surface area contributed by atoms with Crippen LogP contribution in [0, 0.1) is 5.82 Å². The molecule has 0 radical (unpaired) electrons. The van der Waals surface area contributed by atoms with Gasteiger partial charge in [-0.2, -0.15) is 5.10 Å². The predicted molar refractivity (Wildman–Crippen MR) is 71.7 cm³/mol. The van der Waals surface area contributed by atoms with Crippen molar-refractivity contribution in [1.82, 2.24) is 9.78 Å². The molecule has 1 aromatic heterocycles. The number of anilines is 1. The van der Waals surface area contributed by atoms with Crippen molar-refractivity contribution in [3.8, 4) is 5.69 Å². The van der Waals surface area contributed by atoms with Gasteiger partial charge in [-0.15, -0.1) is 11.8 Å². The van der Waals surface area contributed by atoms with Gasteiger partial charge in [0.25, 0.3) is 0 Å². The second-order valence-electron chi connectivity index (χ2n) is 3.56. The van der Waals surface area contributed by atoms with Crippen molar-refractivity contribution in [3.05, 3.63) is 34.6 Å². The van der Waals surface area contributed by atoms with Crippen LogP contribution < -0.4 is 5.73 Å². The molecule has 0 aliphatic heterocycles. The van der Waals surface area contributed by atoms with Crippen LogP contribution in [-0.4, -0.2) is 27.1 Å². The van der Waals surface area contributed by atoms with E-state index in [0.29, 0.717) is 0 Å². The fourth-order valence-corrected chi connectivity index (χ4v) is 2.42. The van der Waals surface area contributed by atoms with Gasteiger partial charge in [0.2, 0.25) is 0 Å². The molecule has 3 N–H and O–H groups in total. The van der Waals surface area contributed by atoms with Crippen molar-refractivity contribution in [3.63, 3.8) is 0 Å². The summed E-state index contributed by atoms with van der Waals surface area (Å²) in [7, 11) is 0. The number of halogens is 2. The third-order valence-electron chi connectivity index (χ3n) is 2.45. The smallest absolute Gasteiger partial charge is 0.342 e. The van der Waals surface area contributed by atoms with Crippen LogP contribution in [0.4, 0.5) is 10.2 Å². The molecule has 0 unspecified atom stereocenters. The number of nitrogen functional groups attached to an aromatic ring is 1. The molecule has 0 aliphatic rings. The van der Waals surface area contributed by atoms with Crippen LogP contribution >= 0.6 is 23.4 Å². The highest BCUT2D eigenvalue weighted by Gasteiger charge is 2.24. The number of carboxylic acids is 1. The SMILES string of the molecule is CSc1nn(-c2c(F)cccc2Cl)c(N)c1C(=O)O. The van der Waals surface area contributed by atoms with Gasteiger partial charge in [-0.05, 0) is 18.4 Å². The predicted octanol–water partition coefficient (Wildman–Crippen LogP) is 2.67. The first-order chi connectivity index (χ1) is 8.97. The highest BCUT2D eigenvalue weighted by Crippen LogP contribution is 2.31. The molecule has 0 aliphatic carbocycles. The van der Waals surface area contributed by atoms with Gasteiger partial charge in [-0.25, -0.2) is 13.9 Å². The maximum Gasteiger partial charge on any atom is 0.342 e. The maximum atomic E-state index is 13.8. The summed E-state index contributed by atoms with van der Waals surface area (Å²) in [6.45, 7) is 0. The molecule has 0 bridgehead atoms. The van der Waals surface area contributed by atoms with Crippen LogP contribution in [0.2, 0.25) is 5.02 Å². The first-order valence-corrected chi connectivity index (χ1v) is 6.67. The Kier molecular flexibility index (Phi) is 3.68. The zero-order valence-electron chi connectivity index (χ0n) is 9.72. The van der Waals surface area contributed by atoms with E-state index in [2.05, 4.69) is 5.10 Å². The molecule has 2 aromatic rings. The Morgan fingerprint density at radius 1 is 1.58 bits per heavy atom. The number of aromatic nitrogens is 2. The number of nitrogens with two attached hydrogens (primary N) is 1. The minimum absolute atomic E-state index is 0.0653. The lowest BCUT2D eigenvalue weighted by Gasteiger charge is -2.07. The second-order valence-corrected chi connectivity index (χ2v) is 4.76. The van der Waals surface area contributed by atoms with E-state index in [-0.39, 0.29) is 27.1 Å². The zero-order valence-corrected chi connectivity index (χ0v) is 11.3. The van der Waals surface area contributed by atoms with E-state index in [0.717, 1.165) is 16.4 Å². The minimum Gasteiger partial charge on any atom is -0.477 e. The standard InChI is InChI=1S/C11H9ClFN3O2S/c1-19-10-7(11(17)18)9(14)16(15-10)8-5(12)3-2-4-6(8)13/h2-4H,14H2,1H3,(H,17,18). The summed E-state index contributed by atoms with van der Waals surface area (Å²) in [4.78, 5) is 11.1. The number of hydrogen-bond donors (Lipinski definition) is 2. The molecule has 0 atom stereocenters. The Labute approximate surface area is 117 Å². The van der Waals surface area contributed by atoms with Gasteiger partial charge in [-0.1, -0.05) is 17.7 Å². The maximum absolute atomic E-state index is 13.8. The van der Waals surface area contributed by atoms with Gasteiger partial charge in [0.05, 0.1) is 5.02 Å². The number of hydrogen-bond acceptors (Lipinski definition) is 4. The number of benzene rings is 1. The Morgan fingerprint density at radius 3 is 2.74 bits per heavy atom. The molecule has 0 spiro atoms. The number of aromatic carboxylic acids is 1. The normalized spacial score (nSPS) is 10.7. The van der Waals surface area contributed by atoms with Gasteiger partial charge >= 0.3 is 5.97 Å². The summed E-state index contributed by atoms with van der Waals surface area (Å²) in [5.41, 5.74) is 5.51. The number of para-hydroxylation sites is 1. The third kappa shape index (κ3) is 2.26. The summed E-state index contributed by atoms with van der Waals surface area (Å²) in [6.07, 6.45) is 1.65. The van der Waals surface area contributed by atoms with E-state index < -0.39 is 11.8 Å². The summed E-state index contributed by atoms with van der Waals surface area (Å²) in [5.74, 6) is -2.02. The van der Waals surface area contributed by atoms with E-state index in [1.807, 2.05) is 0 Å². The summed E-state index contributed by atoms with van der Waals surface area (Å²) >= 11 is 7.02. The molecule has 0 saturated carbocycles. The molecule has 0 amide bonds. The van der Waals surface area contributed by atoms with Crippen LogP contribution in [0.1, 0.15) is 10.4 Å². The molecule has 0 fully saturated rings. The van der Waals surface area contributed by atoms with Crippen molar-refractivity contribution in [2.75, 3.05) is 12.0 Å². The van der Waals surface area contributed by atoms with Crippen LogP contribution in [0.25, 0.3) is 5.69 Å². The molecule has 8 heteroatoms. The van der Waals surface area contributed by atoms with E-state index in [1.165, 1.54) is 18.2 Å². The quantitative estimate of drug-likeness (QED) is 0.852. The number of thioether (sulfide) groups is 1. The molecular formula is C11H9ClFN3O2S. The lowest BCUT2D eigenvalue weighted by atomic mass is 10.3. The average Bonchev–Trinajstić information content (AvgIpc) is 2.66. The molecule has 1 heterocycles. The van der Waals surface area contributed by atoms with Gasteiger partial charge < -0.3 is 10.8 Å². The second kappa shape index (κ2) is 5.10. The molecule has 5 nitrogen and oxygen atoms in total. The third-order valence-corrected chi connectivity index (χ3v) is 3.42. The van der Waals surface area contributed by atoms with Gasteiger partial charge in [0.1, 0.15) is 27.9 Å². The first-order valence-electron chi connectivity index (χ1n) is 5.07. The summed E-state index contributed by atoms with van der Waals surface area (Å²) in [5, 5.41) is 13.4. The number of rotatable bonds is 3. The summed E-state index contributed by atoms with van der Waals surface area (Å²) in [6, 6.07) is 4.11. The van der Waals surface area contributed by atoms with Gasteiger partial charge in [0.15, 0.2) is 0 Å². The van der Waals surface area contributed by atoms with Gasteiger partial charge in [0, 0.05) is 0 Å². The lowest BCUT2D eigenvalue weighted by Crippen LogP contribution is -2.07. The van der Waals surface area contributed by atoms with Crippen molar-refractivity contribution < 1.29 is 14.3 Å². The highest BCUT2D eigenvalue weighted by molar-refractivity contribution is 7.98. The highest BCUT2D eigenvalue weighted by atomic mass is 35.5. The summed E-state index contributed by atoms with van der Waals surface area (Å²) < 4.78 is 14.8. The fourth-order valence-electron chi connectivity index (χ4n) is 1.62. The van der Waals surface area contributed by atoms with E-state index in [9.17, 15) is 9.18 Å². The Balaban J connectivity index is 2.74. The number of carboxylic acid groups (broad SMARTS) is 1. The fraction of sp³-hybridized carbons (Fsp3) is 0.0909. The number of nitrogens with zero attached hydrogens (tertiary/aromatic N) is 2. The van der Waals surface area contributed by atoms with Crippen molar-refractivity contribution in [2.24, 2.45) is 0 Å². The Bertz CT molecular complexity index is 639. The molecule has 19 heavy (non-hydrogen) atoms. The van der Waals surface area contributed by atoms with Crippen molar-refractivity contribution in [2.45, 2.75) is 5.03 Å². The van der Waals surface area contributed by atoms with Gasteiger partial charge in [-0.3, -0.25) is 0 Å². The Hall–Kier alpha value is -1.73. The minimum atomic E-state index is -1.22. The molecule has 100 valence electrons. The lowest BCUT2D eigenvalue weighted by molar-refractivity contribution is 0.0694. The monoisotopic (exact) mass is 301 g/mol. The van der Waals surface area contributed by atoms with Crippen LogP contribution in [-0.2, 0) is 0 Å². The van der Waals surface area contributed by atoms with Crippen LogP contribution in [0.5, 0.6) is 0 Å². The van der Waals surface area contributed by atoms with Crippen molar-refractivity contribution in [1.29, 1.82) is 0 Å². The van der Waals surface area contributed by atoms with E-state index in [1.54, 1.807) is 6.26 Å². The van der Waals surface area contributed by atoms with E-state index in [4.69, 9.17) is 22.4 Å². The van der Waals surface area contributed by atoms with Crippen LogP contribution in [0.15, 0.2) is 23.2 Å². The topological polar surface area (TPSA) is 81.1 Å². The molecule has 2 rings (SSSR count). The Morgan fingerprint density at radius 2 is 2.26 bits per heavy atom. The molecule has 0 saturated heterocycles. The molecule has 1 aromatic carbocycles. The van der Waals surface area contributed by atoms with Crippen LogP contribution in [0.3, 0.4) is 0 Å². The molecular weight excluding hydrogens is 293 g/mol. The number of carbonyl (C=O) groups is 1. The first kappa shape index (κ1) is 13.7. The largest absolute Gasteiger partial charge is 0.477 e. The van der Waals surface area contributed by atoms with Crippen molar-refractivity contribution >= 4 is 35.1 Å². The van der Waals surface area contributed by atoms with E-state index >= 15 is 0 Å². The zero-order chi connectivity index (χ0) is 14.2.